The van der Waals surface area contributed by atoms with Crippen molar-refractivity contribution >= 4 is 36.0 Å². The number of amides is 1. The molecule has 7 nitrogen and oxygen atoms in total. The van der Waals surface area contributed by atoms with Gasteiger partial charge in [-0.15, -0.1) is 24.0 Å². The number of rotatable bonds is 6. The van der Waals surface area contributed by atoms with Gasteiger partial charge in [0.1, 0.15) is 5.60 Å². The lowest BCUT2D eigenvalue weighted by molar-refractivity contribution is 0.0507. The molecular weight excluding hydrogens is 423 g/mol. The van der Waals surface area contributed by atoms with E-state index in [1.165, 1.54) is 0 Å². The van der Waals surface area contributed by atoms with Crippen LogP contribution in [0, 0.1) is 0 Å². The molecule has 1 fully saturated rings. The van der Waals surface area contributed by atoms with Crippen LogP contribution in [-0.4, -0.2) is 68.5 Å². The van der Waals surface area contributed by atoms with Crippen molar-refractivity contribution in [3.8, 4) is 0 Å². The summed E-state index contributed by atoms with van der Waals surface area (Å²) in [4.78, 5) is 18.6. The number of methoxy groups -OCH3 is 1. The summed E-state index contributed by atoms with van der Waals surface area (Å²) in [5, 5.41) is 6.24. The number of ether oxygens (including phenoxy) is 2. The molecule has 142 valence electrons. The van der Waals surface area contributed by atoms with Crippen LogP contribution in [0.2, 0.25) is 0 Å². The minimum atomic E-state index is -0.472. The number of aliphatic imine (C=N–C) groups is 1. The molecule has 0 aromatic carbocycles. The molecule has 0 bridgehead atoms. The molecule has 0 spiro atoms. The normalized spacial score (nSPS) is 18.1. The van der Waals surface area contributed by atoms with Crippen LogP contribution < -0.4 is 10.6 Å². The van der Waals surface area contributed by atoms with E-state index in [1.807, 2.05) is 20.8 Å². The molecular formula is C16H33IN4O3. The molecule has 24 heavy (non-hydrogen) atoms. The van der Waals surface area contributed by atoms with E-state index in [0.717, 1.165) is 45.0 Å². The third kappa shape index (κ3) is 9.51. The Balaban J connectivity index is 0.00000529. The first-order valence-corrected chi connectivity index (χ1v) is 8.37. The third-order valence-corrected chi connectivity index (χ3v) is 3.31. The molecule has 0 saturated carbocycles. The SMILES string of the molecule is CCNC(=NCCCOC)N1CCC(NC(=O)OC(C)(C)C)C1.I. The Labute approximate surface area is 162 Å². The van der Waals surface area contributed by atoms with Gasteiger partial charge in [0.15, 0.2) is 5.96 Å². The second-order valence-electron chi connectivity index (χ2n) is 6.66. The summed E-state index contributed by atoms with van der Waals surface area (Å²) in [7, 11) is 1.70. The van der Waals surface area contributed by atoms with Gasteiger partial charge in [-0.3, -0.25) is 4.99 Å². The lowest BCUT2D eigenvalue weighted by atomic mass is 10.2. The fourth-order valence-electron chi connectivity index (χ4n) is 2.36. The average molecular weight is 456 g/mol. The Hall–Kier alpha value is -0.770. The van der Waals surface area contributed by atoms with E-state index in [4.69, 9.17) is 9.47 Å². The standard InChI is InChI=1S/C16H32N4O3.HI/c1-6-17-14(18-9-7-11-22-5)20-10-8-13(12-20)19-15(21)23-16(2,3)4;/h13H,6-12H2,1-5H3,(H,17,18)(H,19,21);1H. The van der Waals surface area contributed by atoms with E-state index in [2.05, 4.69) is 27.4 Å². The van der Waals surface area contributed by atoms with Gasteiger partial charge in [-0.25, -0.2) is 4.79 Å². The van der Waals surface area contributed by atoms with E-state index in [9.17, 15) is 4.79 Å². The molecule has 1 aliphatic heterocycles. The Morgan fingerprint density at radius 1 is 1.38 bits per heavy atom. The number of hydrogen-bond acceptors (Lipinski definition) is 4. The third-order valence-electron chi connectivity index (χ3n) is 3.31. The number of likely N-dealkylation sites (tertiary alicyclic amines) is 1. The zero-order chi connectivity index (χ0) is 17.3. The summed E-state index contributed by atoms with van der Waals surface area (Å²) in [6.45, 7) is 11.5. The van der Waals surface area contributed by atoms with Crippen LogP contribution >= 0.6 is 24.0 Å². The molecule has 8 heteroatoms. The zero-order valence-electron chi connectivity index (χ0n) is 15.6. The highest BCUT2D eigenvalue weighted by Gasteiger charge is 2.27. The lowest BCUT2D eigenvalue weighted by Gasteiger charge is -2.23. The zero-order valence-corrected chi connectivity index (χ0v) is 17.9. The summed E-state index contributed by atoms with van der Waals surface area (Å²) >= 11 is 0. The van der Waals surface area contributed by atoms with Gasteiger partial charge in [-0.1, -0.05) is 0 Å². The molecule has 0 aromatic heterocycles. The highest BCUT2D eigenvalue weighted by atomic mass is 127. The van der Waals surface area contributed by atoms with Crippen molar-refractivity contribution in [2.45, 2.75) is 52.2 Å². The van der Waals surface area contributed by atoms with Crippen molar-refractivity contribution in [2.24, 2.45) is 4.99 Å². The van der Waals surface area contributed by atoms with E-state index < -0.39 is 5.60 Å². The van der Waals surface area contributed by atoms with Crippen LogP contribution in [0.1, 0.15) is 40.5 Å². The largest absolute Gasteiger partial charge is 0.444 e. The van der Waals surface area contributed by atoms with Gasteiger partial charge in [0.25, 0.3) is 0 Å². The predicted octanol–water partition coefficient (Wildman–Crippen LogP) is 2.21. The molecule has 1 unspecified atom stereocenters. The molecule has 1 heterocycles. The summed E-state index contributed by atoms with van der Waals surface area (Å²) in [5.41, 5.74) is -0.472. The Kier molecular flexibility index (Phi) is 11.4. The summed E-state index contributed by atoms with van der Waals surface area (Å²) in [6.07, 6.45) is 1.44. The Morgan fingerprint density at radius 3 is 2.67 bits per heavy atom. The quantitative estimate of drug-likeness (QED) is 0.278. The Morgan fingerprint density at radius 2 is 2.08 bits per heavy atom. The van der Waals surface area contributed by atoms with Gasteiger partial charge in [-0.05, 0) is 40.5 Å². The topological polar surface area (TPSA) is 75.2 Å². The fourth-order valence-corrected chi connectivity index (χ4v) is 2.36. The molecule has 1 amide bonds. The van der Waals surface area contributed by atoms with Crippen molar-refractivity contribution in [1.29, 1.82) is 0 Å². The number of halogens is 1. The number of carbonyl (C=O) groups is 1. The van der Waals surface area contributed by atoms with Crippen LogP contribution in [0.25, 0.3) is 0 Å². The highest BCUT2D eigenvalue weighted by Crippen LogP contribution is 2.12. The Bertz CT molecular complexity index is 399. The summed E-state index contributed by atoms with van der Waals surface area (Å²) in [5.74, 6) is 0.900. The first-order chi connectivity index (χ1) is 10.9. The molecule has 1 atom stereocenters. The molecule has 1 rings (SSSR count). The van der Waals surface area contributed by atoms with Crippen molar-refractivity contribution < 1.29 is 14.3 Å². The van der Waals surface area contributed by atoms with Crippen LogP contribution in [-0.2, 0) is 9.47 Å². The second kappa shape index (κ2) is 11.7. The lowest BCUT2D eigenvalue weighted by Crippen LogP contribution is -2.44. The maximum Gasteiger partial charge on any atom is 0.407 e. The van der Waals surface area contributed by atoms with Gasteiger partial charge in [0, 0.05) is 39.9 Å². The van der Waals surface area contributed by atoms with Gasteiger partial charge in [0.05, 0.1) is 6.04 Å². The van der Waals surface area contributed by atoms with Gasteiger partial charge >= 0.3 is 6.09 Å². The first kappa shape index (κ1) is 23.2. The van der Waals surface area contributed by atoms with E-state index in [1.54, 1.807) is 7.11 Å². The minimum Gasteiger partial charge on any atom is -0.444 e. The van der Waals surface area contributed by atoms with E-state index >= 15 is 0 Å². The number of hydrogen-bond donors (Lipinski definition) is 2. The van der Waals surface area contributed by atoms with Crippen LogP contribution in [0.15, 0.2) is 4.99 Å². The first-order valence-electron chi connectivity index (χ1n) is 8.37. The second-order valence-corrected chi connectivity index (χ2v) is 6.66. The van der Waals surface area contributed by atoms with E-state index in [0.29, 0.717) is 6.61 Å². The van der Waals surface area contributed by atoms with Crippen molar-refractivity contribution in [1.82, 2.24) is 15.5 Å². The van der Waals surface area contributed by atoms with Crippen LogP contribution in [0.3, 0.4) is 0 Å². The van der Waals surface area contributed by atoms with Gasteiger partial charge in [0.2, 0.25) is 0 Å². The molecule has 0 aromatic rings. The smallest absolute Gasteiger partial charge is 0.407 e. The average Bonchev–Trinajstić information content (AvgIpc) is 2.88. The monoisotopic (exact) mass is 456 g/mol. The van der Waals surface area contributed by atoms with Crippen molar-refractivity contribution in [3.63, 3.8) is 0 Å². The maximum absolute atomic E-state index is 11.8. The molecule has 0 aliphatic carbocycles. The summed E-state index contributed by atoms with van der Waals surface area (Å²) in [6, 6.07) is 0.0904. The predicted molar refractivity (Wildman–Crippen MR) is 107 cm³/mol. The number of alkyl carbamates (subject to hydrolysis) is 1. The highest BCUT2D eigenvalue weighted by molar-refractivity contribution is 14.0. The van der Waals surface area contributed by atoms with Gasteiger partial charge in [-0.2, -0.15) is 0 Å². The van der Waals surface area contributed by atoms with Crippen molar-refractivity contribution in [2.75, 3.05) is 39.9 Å². The van der Waals surface area contributed by atoms with E-state index in [-0.39, 0.29) is 36.1 Å². The summed E-state index contributed by atoms with van der Waals surface area (Å²) < 4.78 is 10.4. The number of guanidine groups is 1. The van der Waals surface area contributed by atoms with Crippen molar-refractivity contribution in [3.05, 3.63) is 0 Å². The van der Waals surface area contributed by atoms with Crippen LogP contribution in [0.4, 0.5) is 4.79 Å². The van der Waals surface area contributed by atoms with Crippen LogP contribution in [0.5, 0.6) is 0 Å². The number of carbonyl (C=O) groups excluding carboxylic acids is 1. The number of nitrogens with zero attached hydrogens (tertiary/aromatic N) is 2. The minimum absolute atomic E-state index is 0. The maximum atomic E-state index is 11.8. The molecule has 2 N–H and O–H groups in total. The number of nitrogens with one attached hydrogen (secondary N) is 2. The fraction of sp³-hybridized carbons (Fsp3) is 0.875. The molecule has 1 saturated heterocycles. The van der Waals surface area contributed by atoms with Gasteiger partial charge < -0.3 is 25.0 Å². The molecule has 0 radical (unpaired) electrons. The molecule has 1 aliphatic rings.